The van der Waals surface area contributed by atoms with Crippen LogP contribution in [0, 0.1) is 11.8 Å². The van der Waals surface area contributed by atoms with E-state index in [1.807, 2.05) is 0 Å². The van der Waals surface area contributed by atoms with Gasteiger partial charge in [-0.3, -0.25) is 0 Å². The van der Waals surface area contributed by atoms with Gasteiger partial charge in [0.05, 0.1) is 18.5 Å². The van der Waals surface area contributed by atoms with Crippen LogP contribution >= 0.6 is 0 Å². The summed E-state index contributed by atoms with van der Waals surface area (Å²) in [5.41, 5.74) is 0. The number of nitrogens with zero attached hydrogens (tertiary/aromatic N) is 2. The monoisotopic (exact) mass is 248 g/mol. The number of hydrogen-bond acceptors (Lipinski definition) is 5. The zero-order valence-corrected chi connectivity index (χ0v) is 10.5. The minimum atomic E-state index is 0.212. The molecule has 1 aliphatic rings. The fourth-order valence-corrected chi connectivity index (χ4v) is 1.63. The Kier molecular flexibility index (Phi) is 4.51. The van der Waals surface area contributed by atoms with Gasteiger partial charge in [-0.1, -0.05) is 5.92 Å². The van der Waals surface area contributed by atoms with Gasteiger partial charge in [-0.2, -0.15) is 0 Å². The molecule has 5 nitrogen and oxygen atoms in total. The van der Waals surface area contributed by atoms with Crippen LogP contribution in [0.1, 0.15) is 18.7 Å². The number of ether oxygens (including phenoxy) is 3. The molecule has 5 heteroatoms. The van der Waals surface area contributed by atoms with Crippen molar-refractivity contribution in [3.05, 3.63) is 18.2 Å². The van der Waals surface area contributed by atoms with Crippen LogP contribution in [0.3, 0.4) is 0 Å². The van der Waals surface area contributed by atoms with E-state index in [2.05, 4.69) is 21.8 Å². The van der Waals surface area contributed by atoms with Gasteiger partial charge in [0.15, 0.2) is 5.75 Å². The van der Waals surface area contributed by atoms with Crippen molar-refractivity contribution in [2.24, 2.45) is 0 Å². The summed E-state index contributed by atoms with van der Waals surface area (Å²) in [6.07, 6.45) is 5.67. The molecule has 1 aliphatic carbocycles. The van der Waals surface area contributed by atoms with Crippen molar-refractivity contribution in [3.63, 3.8) is 0 Å². The zero-order chi connectivity index (χ0) is 12.8. The molecule has 1 heterocycles. The molecule has 0 saturated heterocycles. The van der Waals surface area contributed by atoms with Gasteiger partial charge in [-0.05, 0) is 5.92 Å². The molecule has 1 aromatic rings. The van der Waals surface area contributed by atoms with E-state index in [0.717, 1.165) is 12.8 Å². The summed E-state index contributed by atoms with van der Waals surface area (Å²) >= 11 is 0. The smallest absolute Gasteiger partial charge is 0.205 e. The fourth-order valence-electron chi connectivity index (χ4n) is 1.63. The van der Waals surface area contributed by atoms with Crippen LogP contribution in [0.4, 0.5) is 0 Å². The van der Waals surface area contributed by atoms with Crippen molar-refractivity contribution in [2.75, 3.05) is 20.8 Å². The summed E-state index contributed by atoms with van der Waals surface area (Å²) < 4.78 is 15.7. The van der Waals surface area contributed by atoms with Gasteiger partial charge < -0.3 is 14.2 Å². The molecule has 0 aliphatic heterocycles. The van der Waals surface area contributed by atoms with Crippen molar-refractivity contribution >= 4 is 0 Å². The van der Waals surface area contributed by atoms with E-state index in [9.17, 15) is 0 Å². The third kappa shape index (κ3) is 3.42. The van der Waals surface area contributed by atoms with E-state index in [1.165, 1.54) is 0 Å². The van der Waals surface area contributed by atoms with Gasteiger partial charge in [-0.15, -0.1) is 0 Å². The van der Waals surface area contributed by atoms with Gasteiger partial charge in [0, 0.05) is 27.1 Å². The Morgan fingerprint density at radius 1 is 1.22 bits per heavy atom. The standard InChI is InChI=1S/C13H16N2O3/c1-16-5-3-4-13-14-8-12(9-15-13)18-11-6-10(7-11)17-2/h8-11H,5-7H2,1-2H3. The van der Waals surface area contributed by atoms with E-state index in [1.54, 1.807) is 26.6 Å². The lowest BCUT2D eigenvalue weighted by Crippen LogP contribution is -2.38. The van der Waals surface area contributed by atoms with E-state index in [-0.39, 0.29) is 6.10 Å². The van der Waals surface area contributed by atoms with Gasteiger partial charge in [-0.25, -0.2) is 9.97 Å². The Morgan fingerprint density at radius 3 is 2.56 bits per heavy atom. The molecular weight excluding hydrogens is 232 g/mol. The highest BCUT2D eigenvalue weighted by Crippen LogP contribution is 2.26. The highest BCUT2D eigenvalue weighted by Gasteiger charge is 2.30. The Hall–Kier alpha value is -1.64. The first kappa shape index (κ1) is 12.8. The Balaban J connectivity index is 1.83. The molecule has 0 unspecified atom stereocenters. The molecule has 0 amide bonds. The highest BCUT2D eigenvalue weighted by molar-refractivity contribution is 5.23. The normalized spacial score (nSPS) is 21.7. The Labute approximate surface area is 106 Å². The summed E-state index contributed by atoms with van der Waals surface area (Å²) in [5.74, 6) is 6.74. The molecule has 2 rings (SSSR count). The summed E-state index contributed by atoms with van der Waals surface area (Å²) in [7, 11) is 3.32. The number of aromatic nitrogens is 2. The maximum Gasteiger partial charge on any atom is 0.205 e. The zero-order valence-electron chi connectivity index (χ0n) is 10.5. The largest absolute Gasteiger partial charge is 0.487 e. The van der Waals surface area contributed by atoms with Gasteiger partial charge >= 0.3 is 0 Å². The molecule has 0 aromatic carbocycles. The average molecular weight is 248 g/mol. The van der Waals surface area contributed by atoms with Crippen LogP contribution in [-0.4, -0.2) is 43.0 Å². The lowest BCUT2D eigenvalue weighted by atomic mass is 9.92. The van der Waals surface area contributed by atoms with Crippen molar-refractivity contribution in [2.45, 2.75) is 25.0 Å². The maximum absolute atomic E-state index is 5.69. The van der Waals surface area contributed by atoms with E-state index >= 15 is 0 Å². The maximum atomic E-state index is 5.69. The lowest BCUT2D eigenvalue weighted by molar-refractivity contribution is -0.0383. The van der Waals surface area contributed by atoms with Gasteiger partial charge in [0.2, 0.25) is 5.82 Å². The van der Waals surface area contributed by atoms with Crippen LogP contribution in [0.5, 0.6) is 5.75 Å². The van der Waals surface area contributed by atoms with E-state index in [4.69, 9.17) is 14.2 Å². The van der Waals surface area contributed by atoms with Gasteiger partial charge in [0.25, 0.3) is 0 Å². The molecule has 1 saturated carbocycles. The molecule has 96 valence electrons. The van der Waals surface area contributed by atoms with E-state index < -0.39 is 0 Å². The SMILES string of the molecule is COCC#Cc1ncc(OC2CC(OC)C2)cn1. The molecule has 18 heavy (non-hydrogen) atoms. The van der Waals surface area contributed by atoms with Crippen molar-refractivity contribution < 1.29 is 14.2 Å². The molecule has 0 atom stereocenters. The average Bonchev–Trinajstić information content (AvgIpc) is 2.35. The predicted octanol–water partition coefficient (Wildman–Crippen LogP) is 1.03. The first-order valence-electron chi connectivity index (χ1n) is 5.81. The van der Waals surface area contributed by atoms with Gasteiger partial charge in [0.1, 0.15) is 12.7 Å². The first-order chi connectivity index (χ1) is 8.81. The summed E-state index contributed by atoms with van der Waals surface area (Å²) in [5, 5.41) is 0. The minimum absolute atomic E-state index is 0.212. The van der Waals surface area contributed by atoms with Crippen molar-refractivity contribution in [1.82, 2.24) is 9.97 Å². The topological polar surface area (TPSA) is 53.5 Å². The molecule has 0 bridgehead atoms. The third-order valence-electron chi connectivity index (χ3n) is 2.73. The van der Waals surface area contributed by atoms with Crippen LogP contribution in [-0.2, 0) is 9.47 Å². The van der Waals surface area contributed by atoms with Crippen molar-refractivity contribution in [1.29, 1.82) is 0 Å². The second-order valence-electron chi connectivity index (χ2n) is 4.05. The second kappa shape index (κ2) is 6.34. The minimum Gasteiger partial charge on any atom is -0.487 e. The Morgan fingerprint density at radius 2 is 1.94 bits per heavy atom. The highest BCUT2D eigenvalue weighted by atomic mass is 16.5. The summed E-state index contributed by atoms with van der Waals surface area (Å²) in [6, 6.07) is 0. The quantitative estimate of drug-likeness (QED) is 0.745. The summed E-state index contributed by atoms with van der Waals surface area (Å²) in [6.45, 7) is 0.377. The number of hydrogen-bond donors (Lipinski definition) is 0. The second-order valence-corrected chi connectivity index (χ2v) is 4.05. The molecule has 0 N–H and O–H groups in total. The van der Waals surface area contributed by atoms with E-state index in [0.29, 0.717) is 24.3 Å². The van der Waals surface area contributed by atoms with Crippen LogP contribution in [0.25, 0.3) is 0 Å². The van der Waals surface area contributed by atoms with Crippen LogP contribution in [0.2, 0.25) is 0 Å². The van der Waals surface area contributed by atoms with Crippen LogP contribution < -0.4 is 4.74 Å². The number of rotatable bonds is 4. The molecule has 1 fully saturated rings. The fraction of sp³-hybridized carbons (Fsp3) is 0.538. The molecule has 1 aromatic heterocycles. The third-order valence-corrected chi connectivity index (χ3v) is 2.73. The van der Waals surface area contributed by atoms with Crippen LogP contribution in [0.15, 0.2) is 12.4 Å². The summed E-state index contributed by atoms with van der Waals surface area (Å²) in [4.78, 5) is 8.21. The Bertz CT molecular complexity index is 430. The molecule has 0 radical (unpaired) electrons. The van der Waals surface area contributed by atoms with Crippen molar-refractivity contribution in [3.8, 4) is 17.6 Å². The first-order valence-corrected chi connectivity index (χ1v) is 5.81. The molecular formula is C13H16N2O3. The molecule has 0 spiro atoms. The predicted molar refractivity (Wildman–Crippen MR) is 65.2 cm³/mol. The lowest BCUT2D eigenvalue weighted by Gasteiger charge is -2.33. The number of methoxy groups -OCH3 is 2.